The van der Waals surface area contributed by atoms with Gasteiger partial charge in [-0.1, -0.05) is 12.6 Å². The molecule has 0 N–H and O–H groups in total. The Morgan fingerprint density at radius 1 is 1.13 bits per heavy atom. The number of aromatic nitrogens is 4. The lowest BCUT2D eigenvalue weighted by Crippen LogP contribution is -2.53. The normalized spacial score (nSPS) is 16.0. The fourth-order valence-corrected chi connectivity index (χ4v) is 4.94. The van der Waals surface area contributed by atoms with Gasteiger partial charge in [-0.2, -0.15) is 18.3 Å². The second kappa shape index (κ2) is 10.0. The minimum absolute atomic E-state index is 0.0131. The van der Waals surface area contributed by atoms with Gasteiger partial charge in [-0.05, 0) is 50.2 Å². The van der Waals surface area contributed by atoms with Crippen LogP contribution in [0.1, 0.15) is 34.2 Å². The number of halogens is 3. The molecule has 4 aromatic rings. The van der Waals surface area contributed by atoms with Crippen molar-refractivity contribution in [2.24, 2.45) is 0 Å². The largest absolute Gasteiger partial charge is 0.497 e. The third kappa shape index (κ3) is 4.80. The van der Waals surface area contributed by atoms with Crippen LogP contribution < -0.4 is 4.74 Å². The van der Waals surface area contributed by atoms with E-state index in [0.29, 0.717) is 30.9 Å². The number of alkyl halides is 3. The van der Waals surface area contributed by atoms with E-state index in [-0.39, 0.29) is 28.5 Å². The smallest absolute Gasteiger partial charge is 0.433 e. The van der Waals surface area contributed by atoms with Gasteiger partial charge in [0.25, 0.3) is 5.91 Å². The van der Waals surface area contributed by atoms with Crippen LogP contribution in [0.2, 0.25) is 0 Å². The summed E-state index contributed by atoms with van der Waals surface area (Å²) in [6, 6.07) is 11.9. The number of hydrogen-bond acceptors (Lipinski definition) is 6. The van der Waals surface area contributed by atoms with Crippen LogP contribution in [0.3, 0.4) is 0 Å². The number of rotatable bonds is 5. The zero-order valence-electron chi connectivity index (χ0n) is 21.7. The van der Waals surface area contributed by atoms with E-state index in [0.717, 1.165) is 15.9 Å². The second-order valence-corrected chi connectivity index (χ2v) is 9.41. The van der Waals surface area contributed by atoms with Crippen molar-refractivity contribution >= 4 is 17.3 Å². The topological polar surface area (TPSA) is 75.9 Å². The van der Waals surface area contributed by atoms with Gasteiger partial charge in [-0.25, -0.2) is 9.50 Å². The Balaban J connectivity index is 1.50. The van der Waals surface area contributed by atoms with Crippen LogP contribution in [0, 0.1) is 6.92 Å². The maximum absolute atomic E-state index is 14.3. The fourth-order valence-electron chi connectivity index (χ4n) is 4.94. The lowest BCUT2D eigenvalue weighted by molar-refractivity contribution is -0.143. The summed E-state index contributed by atoms with van der Waals surface area (Å²) in [5, 5.41) is 3.97. The Bertz CT molecular complexity index is 1530. The first kappa shape index (κ1) is 26.2. The molecule has 0 saturated carbocycles. The van der Waals surface area contributed by atoms with Crippen LogP contribution in [0.4, 0.5) is 13.2 Å². The summed E-state index contributed by atoms with van der Waals surface area (Å²) >= 11 is 0. The summed E-state index contributed by atoms with van der Waals surface area (Å²) < 4.78 is 48.7. The van der Waals surface area contributed by atoms with Crippen LogP contribution >= 0.6 is 0 Å². The first-order valence-corrected chi connectivity index (χ1v) is 12.4. The molecule has 3 aromatic heterocycles. The molecule has 8 nitrogen and oxygen atoms in total. The van der Waals surface area contributed by atoms with Gasteiger partial charge in [0.15, 0.2) is 11.3 Å². The average molecular weight is 537 g/mol. The standard InChI is InChI=1S/C28H27F3N6O2/c1-17-16-35(19(3)23-7-5-6-12-32-23)13-14-36(17)27(38)22-15-33-37-25(28(29,30)31)18(2)24(34-26(22)37)20-8-10-21(39-4)11-9-20/h5-12,15,17H,3,13-14,16H2,1-2,4H3/t17-/m1/s1. The monoisotopic (exact) mass is 536 g/mol. The summed E-state index contributed by atoms with van der Waals surface area (Å²) in [6.07, 6.45) is -1.86. The Labute approximate surface area is 223 Å². The van der Waals surface area contributed by atoms with Gasteiger partial charge < -0.3 is 14.5 Å². The summed E-state index contributed by atoms with van der Waals surface area (Å²) in [5.74, 6) is 0.137. The molecule has 4 heterocycles. The van der Waals surface area contributed by atoms with Crippen molar-refractivity contribution in [1.29, 1.82) is 0 Å². The van der Waals surface area contributed by atoms with Crippen molar-refractivity contribution in [3.05, 3.63) is 84.0 Å². The molecule has 11 heteroatoms. The molecule has 39 heavy (non-hydrogen) atoms. The number of nitrogens with zero attached hydrogens (tertiary/aromatic N) is 6. The van der Waals surface area contributed by atoms with Gasteiger partial charge in [-0.3, -0.25) is 9.78 Å². The predicted molar refractivity (Wildman–Crippen MR) is 140 cm³/mol. The zero-order chi connectivity index (χ0) is 27.9. The van der Waals surface area contributed by atoms with Crippen LogP contribution in [-0.4, -0.2) is 68.1 Å². The molecular formula is C28H27F3N6O2. The van der Waals surface area contributed by atoms with Crippen LogP contribution in [0.5, 0.6) is 5.75 Å². The molecule has 1 amide bonds. The van der Waals surface area contributed by atoms with E-state index >= 15 is 0 Å². The van der Waals surface area contributed by atoms with E-state index in [2.05, 4.69) is 26.5 Å². The molecule has 1 saturated heterocycles. The number of carbonyl (C=O) groups is 1. The number of pyridine rings is 1. The molecule has 0 aliphatic carbocycles. The first-order valence-electron chi connectivity index (χ1n) is 12.4. The zero-order valence-corrected chi connectivity index (χ0v) is 21.7. The number of hydrogen-bond donors (Lipinski definition) is 0. The van der Waals surface area contributed by atoms with Gasteiger partial charge in [0.05, 0.1) is 30.4 Å². The Hall–Kier alpha value is -4.41. The van der Waals surface area contributed by atoms with Crippen molar-refractivity contribution in [2.45, 2.75) is 26.1 Å². The van der Waals surface area contributed by atoms with Gasteiger partial charge in [-0.15, -0.1) is 0 Å². The highest BCUT2D eigenvalue weighted by Gasteiger charge is 2.39. The van der Waals surface area contributed by atoms with E-state index < -0.39 is 17.8 Å². The van der Waals surface area contributed by atoms with E-state index in [1.807, 2.05) is 25.1 Å². The van der Waals surface area contributed by atoms with Gasteiger partial charge in [0.1, 0.15) is 11.3 Å². The summed E-state index contributed by atoms with van der Waals surface area (Å²) in [6.45, 7) is 8.76. The third-order valence-electron chi connectivity index (χ3n) is 6.98. The third-order valence-corrected chi connectivity index (χ3v) is 6.98. The molecule has 202 valence electrons. The lowest BCUT2D eigenvalue weighted by atomic mass is 10.0. The molecule has 1 atom stereocenters. The highest BCUT2D eigenvalue weighted by atomic mass is 19.4. The maximum atomic E-state index is 14.3. The van der Waals surface area contributed by atoms with Gasteiger partial charge in [0, 0.05) is 43.0 Å². The Morgan fingerprint density at radius 2 is 1.87 bits per heavy atom. The van der Waals surface area contributed by atoms with Crippen molar-refractivity contribution < 1.29 is 22.7 Å². The molecule has 0 radical (unpaired) electrons. The molecule has 1 fully saturated rings. The molecule has 1 aromatic carbocycles. The van der Waals surface area contributed by atoms with E-state index in [9.17, 15) is 18.0 Å². The molecule has 1 aliphatic rings. The molecule has 0 spiro atoms. The van der Waals surface area contributed by atoms with Crippen LogP contribution in [0.25, 0.3) is 22.6 Å². The summed E-state index contributed by atoms with van der Waals surface area (Å²) in [5.41, 5.74) is 0.904. The molecule has 1 aliphatic heterocycles. The number of fused-ring (bicyclic) bond motifs is 1. The SMILES string of the molecule is C=C(c1ccccn1)N1CCN(C(=O)c2cnn3c(C(F)(F)F)c(C)c(-c4ccc(OC)cc4)nc23)[C@H](C)C1. The summed E-state index contributed by atoms with van der Waals surface area (Å²) in [7, 11) is 1.51. The van der Waals surface area contributed by atoms with Gasteiger partial charge >= 0.3 is 6.18 Å². The van der Waals surface area contributed by atoms with E-state index in [1.165, 1.54) is 20.2 Å². The van der Waals surface area contributed by atoms with Crippen molar-refractivity contribution in [3.8, 4) is 17.0 Å². The average Bonchev–Trinajstić information content (AvgIpc) is 3.34. The number of amides is 1. The minimum atomic E-state index is -4.72. The van der Waals surface area contributed by atoms with Crippen molar-refractivity contribution in [3.63, 3.8) is 0 Å². The number of benzene rings is 1. The quantitative estimate of drug-likeness (QED) is 0.360. The second-order valence-electron chi connectivity index (χ2n) is 9.41. The number of carbonyl (C=O) groups excluding carboxylic acids is 1. The van der Waals surface area contributed by atoms with E-state index in [4.69, 9.17) is 4.74 Å². The Morgan fingerprint density at radius 3 is 2.49 bits per heavy atom. The van der Waals surface area contributed by atoms with Crippen LogP contribution in [-0.2, 0) is 6.18 Å². The van der Waals surface area contributed by atoms with Crippen molar-refractivity contribution in [1.82, 2.24) is 29.4 Å². The highest BCUT2D eigenvalue weighted by Crippen LogP contribution is 2.37. The first-order chi connectivity index (χ1) is 18.6. The maximum Gasteiger partial charge on any atom is 0.433 e. The molecule has 5 rings (SSSR count). The minimum Gasteiger partial charge on any atom is -0.497 e. The number of piperazine rings is 1. The molecule has 0 unspecified atom stereocenters. The fraction of sp³-hybridized carbons (Fsp3) is 0.286. The van der Waals surface area contributed by atoms with Gasteiger partial charge in [0.2, 0.25) is 0 Å². The molecular weight excluding hydrogens is 509 g/mol. The number of ether oxygens (including phenoxy) is 1. The summed E-state index contributed by atoms with van der Waals surface area (Å²) in [4.78, 5) is 26.3. The Kier molecular flexibility index (Phi) is 6.75. The molecule has 0 bridgehead atoms. The highest BCUT2D eigenvalue weighted by molar-refractivity contribution is 6.00. The predicted octanol–water partition coefficient (Wildman–Crippen LogP) is 4.94. The van der Waals surface area contributed by atoms with Crippen molar-refractivity contribution in [2.75, 3.05) is 26.7 Å². The number of methoxy groups -OCH3 is 1. The van der Waals surface area contributed by atoms with Crippen LogP contribution in [0.15, 0.2) is 61.4 Å². The lowest BCUT2D eigenvalue weighted by Gasteiger charge is -2.41. The van der Waals surface area contributed by atoms with E-state index in [1.54, 1.807) is 35.4 Å².